The molecule has 0 aromatic carbocycles. The molecule has 3 nitrogen and oxygen atoms in total. The van der Waals surface area contributed by atoms with Crippen LogP contribution in [-0.2, 0) is 5.54 Å². The topological polar surface area (TPSA) is 34.9 Å². The molecule has 60 valence electrons. The summed E-state index contributed by atoms with van der Waals surface area (Å²) in [6, 6.07) is 1.46. The van der Waals surface area contributed by atoms with Crippen LogP contribution in [0.2, 0.25) is 0 Å². The zero-order valence-electron chi connectivity index (χ0n) is 7.03. The van der Waals surface area contributed by atoms with Gasteiger partial charge in [-0.3, -0.25) is 4.79 Å². The molecule has 0 N–H and O–H groups in total. The minimum absolute atomic E-state index is 0.000694. The molecule has 0 radical (unpaired) electrons. The lowest BCUT2D eigenvalue weighted by Gasteiger charge is -2.21. The van der Waals surface area contributed by atoms with Crippen molar-refractivity contribution < 1.29 is 0 Å². The highest BCUT2D eigenvalue weighted by molar-refractivity contribution is 4.86. The first-order chi connectivity index (χ1) is 5.00. The van der Waals surface area contributed by atoms with Gasteiger partial charge in [-0.05, 0) is 20.8 Å². The molecule has 0 bridgehead atoms. The van der Waals surface area contributed by atoms with Crippen molar-refractivity contribution in [3.63, 3.8) is 0 Å². The van der Waals surface area contributed by atoms with Gasteiger partial charge in [-0.2, -0.15) is 4.98 Å². The van der Waals surface area contributed by atoms with E-state index >= 15 is 0 Å². The molecule has 0 saturated carbocycles. The van der Waals surface area contributed by atoms with E-state index in [4.69, 9.17) is 0 Å². The standard InChI is InChI=1S/C8H12N2O/c1-8(2,3)10-5-4-7(11)9-6-10/h4-6H,1-3H3. The summed E-state index contributed by atoms with van der Waals surface area (Å²) in [5, 5.41) is 0. The highest BCUT2D eigenvalue weighted by atomic mass is 16.1. The van der Waals surface area contributed by atoms with Crippen molar-refractivity contribution in [1.82, 2.24) is 9.55 Å². The zero-order chi connectivity index (χ0) is 8.48. The predicted molar refractivity (Wildman–Crippen MR) is 43.5 cm³/mol. The first kappa shape index (κ1) is 7.98. The summed E-state index contributed by atoms with van der Waals surface area (Å²) in [4.78, 5) is 14.3. The highest BCUT2D eigenvalue weighted by Gasteiger charge is 2.09. The lowest BCUT2D eigenvalue weighted by molar-refractivity contribution is 0.389. The van der Waals surface area contributed by atoms with Crippen LogP contribution in [0.3, 0.4) is 0 Å². The third kappa shape index (κ3) is 1.90. The van der Waals surface area contributed by atoms with Gasteiger partial charge in [-0.25, -0.2) is 0 Å². The van der Waals surface area contributed by atoms with E-state index in [9.17, 15) is 4.79 Å². The first-order valence-corrected chi connectivity index (χ1v) is 3.55. The van der Waals surface area contributed by atoms with Gasteiger partial charge in [0.25, 0.3) is 5.56 Å². The van der Waals surface area contributed by atoms with Gasteiger partial charge in [-0.15, -0.1) is 0 Å². The summed E-state index contributed by atoms with van der Waals surface area (Å²) in [6.45, 7) is 6.16. The van der Waals surface area contributed by atoms with E-state index < -0.39 is 0 Å². The second-order valence-corrected chi connectivity index (χ2v) is 3.48. The van der Waals surface area contributed by atoms with Gasteiger partial charge in [0.05, 0.1) is 6.33 Å². The molecular weight excluding hydrogens is 140 g/mol. The number of nitrogens with zero attached hydrogens (tertiary/aromatic N) is 2. The highest BCUT2D eigenvalue weighted by Crippen LogP contribution is 2.10. The quantitative estimate of drug-likeness (QED) is 0.556. The molecule has 0 fully saturated rings. The number of aromatic nitrogens is 2. The summed E-state index contributed by atoms with van der Waals surface area (Å²) < 4.78 is 1.90. The van der Waals surface area contributed by atoms with E-state index in [2.05, 4.69) is 25.8 Å². The molecule has 1 aromatic rings. The van der Waals surface area contributed by atoms with Crippen LogP contribution in [0.5, 0.6) is 0 Å². The second kappa shape index (κ2) is 2.49. The van der Waals surface area contributed by atoms with Crippen LogP contribution in [0.25, 0.3) is 0 Å². The van der Waals surface area contributed by atoms with Crippen molar-refractivity contribution in [2.75, 3.05) is 0 Å². The van der Waals surface area contributed by atoms with Crippen LogP contribution in [0.15, 0.2) is 23.4 Å². The van der Waals surface area contributed by atoms with Crippen LogP contribution in [0, 0.1) is 0 Å². The third-order valence-corrected chi connectivity index (χ3v) is 1.46. The molecule has 0 amide bonds. The second-order valence-electron chi connectivity index (χ2n) is 3.48. The smallest absolute Gasteiger partial charge is 0.272 e. The van der Waals surface area contributed by atoms with Gasteiger partial charge >= 0.3 is 0 Å². The Bertz CT molecular complexity index is 275. The Morgan fingerprint density at radius 3 is 2.45 bits per heavy atom. The fourth-order valence-electron chi connectivity index (χ4n) is 0.742. The van der Waals surface area contributed by atoms with Crippen LogP contribution in [0.1, 0.15) is 20.8 Å². The van der Waals surface area contributed by atoms with Gasteiger partial charge in [0.2, 0.25) is 0 Å². The average molecular weight is 152 g/mol. The fourth-order valence-corrected chi connectivity index (χ4v) is 0.742. The van der Waals surface area contributed by atoms with Crippen LogP contribution < -0.4 is 5.56 Å². The van der Waals surface area contributed by atoms with E-state index in [1.165, 1.54) is 6.07 Å². The molecule has 0 aliphatic heterocycles. The molecule has 1 heterocycles. The molecule has 0 atom stereocenters. The van der Waals surface area contributed by atoms with Crippen molar-refractivity contribution in [2.45, 2.75) is 26.3 Å². The summed E-state index contributed by atoms with van der Waals surface area (Å²) >= 11 is 0. The van der Waals surface area contributed by atoms with Gasteiger partial charge in [0.1, 0.15) is 0 Å². The number of rotatable bonds is 0. The minimum atomic E-state index is -0.189. The SMILES string of the molecule is CC(C)(C)n1ccc(=O)nc1. The van der Waals surface area contributed by atoms with E-state index in [0.717, 1.165) is 0 Å². The van der Waals surface area contributed by atoms with E-state index in [1.807, 2.05) is 4.57 Å². The van der Waals surface area contributed by atoms with Crippen molar-refractivity contribution in [1.29, 1.82) is 0 Å². The van der Waals surface area contributed by atoms with Crippen molar-refractivity contribution in [3.8, 4) is 0 Å². The van der Waals surface area contributed by atoms with Gasteiger partial charge in [0, 0.05) is 17.8 Å². The molecule has 3 heteroatoms. The molecule has 11 heavy (non-hydrogen) atoms. The maximum absolute atomic E-state index is 10.6. The molecule has 0 aliphatic carbocycles. The van der Waals surface area contributed by atoms with E-state index in [0.29, 0.717) is 0 Å². The predicted octanol–water partition coefficient (Wildman–Crippen LogP) is 0.998. The number of hydrogen-bond acceptors (Lipinski definition) is 2. The molecule has 0 spiro atoms. The summed E-state index contributed by atoms with van der Waals surface area (Å²) in [5.74, 6) is 0. The molecular formula is C8H12N2O. The molecule has 1 aromatic heterocycles. The van der Waals surface area contributed by atoms with Crippen LogP contribution >= 0.6 is 0 Å². The third-order valence-electron chi connectivity index (χ3n) is 1.46. The Labute approximate surface area is 65.7 Å². The van der Waals surface area contributed by atoms with E-state index in [-0.39, 0.29) is 11.1 Å². The Morgan fingerprint density at radius 1 is 1.45 bits per heavy atom. The van der Waals surface area contributed by atoms with Crippen LogP contribution in [0.4, 0.5) is 0 Å². The lowest BCUT2D eigenvalue weighted by Crippen LogP contribution is -2.23. The maximum atomic E-state index is 10.6. The van der Waals surface area contributed by atoms with Gasteiger partial charge < -0.3 is 4.57 Å². The Balaban J connectivity index is 3.09. The van der Waals surface area contributed by atoms with Crippen molar-refractivity contribution >= 4 is 0 Å². The Hall–Kier alpha value is -1.12. The maximum Gasteiger partial charge on any atom is 0.272 e. The zero-order valence-corrected chi connectivity index (χ0v) is 7.03. The molecule has 0 aliphatic rings. The average Bonchev–Trinajstić information content (AvgIpc) is 1.86. The Morgan fingerprint density at radius 2 is 2.09 bits per heavy atom. The Kier molecular flexibility index (Phi) is 1.81. The van der Waals surface area contributed by atoms with Crippen LogP contribution in [-0.4, -0.2) is 9.55 Å². The van der Waals surface area contributed by atoms with E-state index in [1.54, 1.807) is 12.5 Å². The first-order valence-electron chi connectivity index (χ1n) is 3.55. The monoisotopic (exact) mass is 152 g/mol. The summed E-state index contributed by atoms with van der Waals surface area (Å²) in [5.41, 5.74) is -0.189. The number of hydrogen-bond donors (Lipinski definition) is 0. The van der Waals surface area contributed by atoms with Gasteiger partial charge in [-0.1, -0.05) is 0 Å². The molecule has 0 unspecified atom stereocenters. The summed E-state index contributed by atoms with van der Waals surface area (Å²) in [6.07, 6.45) is 3.30. The van der Waals surface area contributed by atoms with Gasteiger partial charge in [0.15, 0.2) is 0 Å². The normalized spacial score (nSPS) is 11.5. The lowest BCUT2D eigenvalue weighted by atomic mass is 10.1. The van der Waals surface area contributed by atoms with Crippen molar-refractivity contribution in [3.05, 3.63) is 28.9 Å². The van der Waals surface area contributed by atoms with Crippen molar-refractivity contribution in [2.24, 2.45) is 0 Å². The molecule has 1 rings (SSSR count). The molecule has 0 saturated heterocycles. The summed E-state index contributed by atoms with van der Waals surface area (Å²) in [7, 11) is 0. The largest absolute Gasteiger partial charge is 0.333 e. The minimum Gasteiger partial charge on any atom is -0.333 e. The fraction of sp³-hybridized carbons (Fsp3) is 0.500.